The number of aliphatic imine (C=N–C) groups is 1. The molecule has 0 saturated carbocycles. The molecule has 7 nitrogen and oxygen atoms in total. The van der Waals surface area contributed by atoms with Crippen LogP contribution in [-0.4, -0.2) is 65.2 Å². The van der Waals surface area contributed by atoms with Crippen molar-refractivity contribution in [2.24, 2.45) is 4.99 Å². The van der Waals surface area contributed by atoms with E-state index in [0.29, 0.717) is 40.9 Å². The van der Waals surface area contributed by atoms with Crippen LogP contribution < -0.4 is 0 Å². The molecule has 0 aromatic heterocycles. The summed E-state index contributed by atoms with van der Waals surface area (Å²) in [5.74, 6) is -0.640. The summed E-state index contributed by atoms with van der Waals surface area (Å²) in [4.78, 5) is 33.6. The number of phenols is 2. The van der Waals surface area contributed by atoms with Crippen molar-refractivity contribution >= 4 is 34.5 Å². The van der Waals surface area contributed by atoms with Crippen molar-refractivity contribution in [3.8, 4) is 11.5 Å². The number of benzene rings is 3. The van der Waals surface area contributed by atoms with Gasteiger partial charge in [-0.05, 0) is 55.9 Å². The highest BCUT2D eigenvalue weighted by molar-refractivity contribution is 6.26. The van der Waals surface area contributed by atoms with Crippen molar-refractivity contribution in [1.82, 2.24) is 9.80 Å². The van der Waals surface area contributed by atoms with Gasteiger partial charge < -0.3 is 15.1 Å². The molecule has 2 amide bonds. The standard InChI is InChI=1S/C23H21N3O4/c1-25(2)8-9-26-22(29)18-5-3-4-14-10-16(12-19(21(14)18)23(26)30)24-13-15-11-17(27)6-7-20(15)28/h3-7,10-13,27-28H,8-9H2,1-2H3. The minimum atomic E-state index is -0.345. The summed E-state index contributed by atoms with van der Waals surface area (Å²) in [5, 5.41) is 20.9. The molecule has 0 fully saturated rings. The second-order valence-electron chi connectivity index (χ2n) is 7.46. The Morgan fingerprint density at radius 2 is 1.77 bits per heavy atom. The number of imide groups is 1. The van der Waals surface area contributed by atoms with Gasteiger partial charge in [-0.15, -0.1) is 0 Å². The Balaban J connectivity index is 1.78. The Morgan fingerprint density at radius 3 is 2.53 bits per heavy atom. The molecule has 152 valence electrons. The van der Waals surface area contributed by atoms with E-state index in [1.165, 1.54) is 29.3 Å². The van der Waals surface area contributed by atoms with Crippen LogP contribution in [0.3, 0.4) is 0 Å². The number of phenolic OH excluding ortho intramolecular Hbond substituents is 2. The summed E-state index contributed by atoms with van der Waals surface area (Å²) >= 11 is 0. The predicted octanol–water partition coefficient (Wildman–Crippen LogP) is 3.16. The quantitative estimate of drug-likeness (QED) is 0.388. The highest BCUT2D eigenvalue weighted by atomic mass is 16.3. The summed E-state index contributed by atoms with van der Waals surface area (Å²) in [6, 6.07) is 13.0. The number of nitrogens with zero attached hydrogens (tertiary/aromatic N) is 3. The van der Waals surface area contributed by atoms with E-state index in [-0.39, 0.29) is 23.3 Å². The van der Waals surface area contributed by atoms with E-state index in [9.17, 15) is 19.8 Å². The predicted molar refractivity (Wildman–Crippen MR) is 115 cm³/mol. The molecule has 7 heteroatoms. The normalized spacial score (nSPS) is 13.8. The Morgan fingerprint density at radius 1 is 1.00 bits per heavy atom. The lowest BCUT2D eigenvalue weighted by molar-refractivity contribution is 0.0601. The van der Waals surface area contributed by atoms with E-state index in [1.54, 1.807) is 24.3 Å². The summed E-state index contributed by atoms with van der Waals surface area (Å²) in [7, 11) is 3.77. The second kappa shape index (κ2) is 7.61. The Labute approximate surface area is 173 Å². The average Bonchev–Trinajstić information content (AvgIpc) is 2.72. The molecule has 0 bridgehead atoms. The van der Waals surface area contributed by atoms with Gasteiger partial charge in [-0.3, -0.25) is 19.5 Å². The Bertz CT molecular complexity index is 1200. The summed E-state index contributed by atoms with van der Waals surface area (Å²) in [6.07, 6.45) is 1.43. The number of hydrogen-bond acceptors (Lipinski definition) is 6. The molecule has 1 aliphatic rings. The van der Waals surface area contributed by atoms with Crippen molar-refractivity contribution in [1.29, 1.82) is 0 Å². The fourth-order valence-corrected chi connectivity index (χ4v) is 3.51. The van der Waals surface area contributed by atoms with Crippen LogP contribution in [0.15, 0.2) is 53.5 Å². The van der Waals surface area contributed by atoms with Crippen LogP contribution in [0.1, 0.15) is 26.3 Å². The minimum absolute atomic E-state index is 0.0118. The zero-order valence-electron chi connectivity index (χ0n) is 16.7. The molecule has 3 aromatic rings. The van der Waals surface area contributed by atoms with Gasteiger partial charge in [-0.25, -0.2) is 0 Å². The van der Waals surface area contributed by atoms with Crippen molar-refractivity contribution in [3.05, 3.63) is 65.2 Å². The number of carbonyl (C=O) groups is 2. The molecule has 2 N–H and O–H groups in total. The Kier molecular flexibility index (Phi) is 4.97. The van der Waals surface area contributed by atoms with Crippen molar-refractivity contribution in [2.45, 2.75) is 0 Å². The van der Waals surface area contributed by atoms with Crippen LogP contribution in [-0.2, 0) is 0 Å². The van der Waals surface area contributed by atoms with E-state index in [4.69, 9.17) is 0 Å². The third kappa shape index (κ3) is 3.51. The molecule has 3 aromatic carbocycles. The lowest BCUT2D eigenvalue weighted by Gasteiger charge is -2.28. The maximum Gasteiger partial charge on any atom is 0.261 e. The zero-order valence-corrected chi connectivity index (χ0v) is 16.7. The minimum Gasteiger partial charge on any atom is -0.508 e. The summed E-state index contributed by atoms with van der Waals surface area (Å²) in [6.45, 7) is 0.864. The first-order chi connectivity index (χ1) is 14.3. The third-order valence-electron chi connectivity index (χ3n) is 5.05. The maximum absolute atomic E-state index is 13.1. The van der Waals surface area contributed by atoms with E-state index >= 15 is 0 Å². The Hall–Kier alpha value is -3.71. The number of likely N-dealkylation sites (N-methyl/N-ethyl adjacent to an activating group) is 1. The molecule has 4 rings (SSSR count). The first-order valence-electron chi connectivity index (χ1n) is 9.49. The van der Waals surface area contributed by atoms with Gasteiger partial charge in [0.25, 0.3) is 11.8 Å². The van der Waals surface area contributed by atoms with E-state index in [0.717, 1.165) is 5.39 Å². The van der Waals surface area contributed by atoms with Crippen LogP contribution in [0, 0.1) is 0 Å². The number of carbonyl (C=O) groups excluding carboxylic acids is 2. The molecular weight excluding hydrogens is 382 g/mol. The fourth-order valence-electron chi connectivity index (χ4n) is 3.51. The number of amides is 2. The molecule has 1 heterocycles. The number of hydrogen-bond donors (Lipinski definition) is 2. The molecule has 0 spiro atoms. The van der Waals surface area contributed by atoms with Crippen LogP contribution in [0.25, 0.3) is 10.8 Å². The lowest BCUT2D eigenvalue weighted by atomic mass is 9.93. The molecule has 0 atom stereocenters. The zero-order chi connectivity index (χ0) is 21.4. The van der Waals surface area contributed by atoms with Gasteiger partial charge in [-0.2, -0.15) is 0 Å². The molecule has 0 unspecified atom stereocenters. The van der Waals surface area contributed by atoms with Gasteiger partial charge in [0.1, 0.15) is 11.5 Å². The smallest absolute Gasteiger partial charge is 0.261 e. The van der Waals surface area contributed by atoms with Crippen LogP contribution in [0.4, 0.5) is 5.69 Å². The van der Waals surface area contributed by atoms with Crippen molar-refractivity contribution in [3.63, 3.8) is 0 Å². The van der Waals surface area contributed by atoms with Crippen molar-refractivity contribution in [2.75, 3.05) is 27.2 Å². The highest BCUT2D eigenvalue weighted by Gasteiger charge is 2.32. The van der Waals surface area contributed by atoms with Crippen LogP contribution >= 0.6 is 0 Å². The maximum atomic E-state index is 13.1. The average molecular weight is 403 g/mol. The lowest BCUT2D eigenvalue weighted by Crippen LogP contribution is -2.43. The first-order valence-corrected chi connectivity index (χ1v) is 9.49. The first kappa shape index (κ1) is 19.6. The SMILES string of the molecule is CN(C)CCN1C(=O)c2cccc3cc(N=Cc4cc(O)ccc4O)cc(c23)C1=O. The highest BCUT2D eigenvalue weighted by Crippen LogP contribution is 2.34. The van der Waals surface area contributed by atoms with Crippen LogP contribution in [0.2, 0.25) is 0 Å². The van der Waals surface area contributed by atoms with Gasteiger partial charge in [0, 0.05) is 35.8 Å². The topological polar surface area (TPSA) is 93.4 Å². The molecule has 1 aliphatic heterocycles. The summed E-state index contributed by atoms with van der Waals surface area (Å²) < 4.78 is 0. The van der Waals surface area contributed by atoms with Gasteiger partial charge in [0.15, 0.2) is 0 Å². The third-order valence-corrected chi connectivity index (χ3v) is 5.05. The molecule has 0 radical (unpaired) electrons. The largest absolute Gasteiger partial charge is 0.508 e. The monoisotopic (exact) mass is 403 g/mol. The van der Waals surface area contributed by atoms with E-state index in [2.05, 4.69) is 4.99 Å². The molecule has 0 saturated heterocycles. The van der Waals surface area contributed by atoms with Crippen LogP contribution in [0.5, 0.6) is 11.5 Å². The van der Waals surface area contributed by atoms with E-state index < -0.39 is 0 Å². The molecule has 0 aliphatic carbocycles. The molecule has 30 heavy (non-hydrogen) atoms. The molecular formula is C23H21N3O4. The van der Waals surface area contributed by atoms with Gasteiger partial charge in [0.2, 0.25) is 0 Å². The fraction of sp³-hybridized carbons (Fsp3) is 0.174. The van der Waals surface area contributed by atoms with Gasteiger partial charge in [0.05, 0.1) is 11.3 Å². The number of rotatable bonds is 5. The second-order valence-corrected chi connectivity index (χ2v) is 7.46. The van der Waals surface area contributed by atoms with Crippen molar-refractivity contribution < 1.29 is 19.8 Å². The number of aromatic hydroxyl groups is 2. The summed E-state index contributed by atoms with van der Waals surface area (Å²) in [5.41, 5.74) is 1.79. The van der Waals surface area contributed by atoms with E-state index in [1.807, 2.05) is 25.1 Å². The van der Waals surface area contributed by atoms with Gasteiger partial charge in [-0.1, -0.05) is 12.1 Å². The van der Waals surface area contributed by atoms with Gasteiger partial charge >= 0.3 is 0 Å².